The molecule has 13 nitrogen and oxygen atoms in total. The van der Waals surface area contributed by atoms with Gasteiger partial charge in [-0.1, -0.05) is 90.4 Å². The number of imidazole rings is 1. The van der Waals surface area contributed by atoms with E-state index in [1.54, 1.807) is 0 Å². The van der Waals surface area contributed by atoms with Crippen LogP contribution in [0.3, 0.4) is 0 Å². The minimum Gasteiger partial charge on any atom is -0.394 e. The van der Waals surface area contributed by atoms with Crippen LogP contribution in [-0.4, -0.2) is 64.4 Å². The third-order valence-corrected chi connectivity index (χ3v) is 8.17. The normalized spacial score (nSPS) is 23.4. The Hall–Kier alpha value is -1.86. The number of hydrogen-bond donors (Lipinski definition) is 6. The summed E-state index contributed by atoms with van der Waals surface area (Å²) in [5, 5.41) is 21.2. The van der Waals surface area contributed by atoms with Crippen LogP contribution in [0.4, 0.5) is 5.95 Å². The summed E-state index contributed by atoms with van der Waals surface area (Å²) in [6.45, 7) is 1.57. The number of phosphoric ester groups is 1. The third-order valence-electron chi connectivity index (χ3n) is 7.66. The lowest BCUT2D eigenvalue weighted by atomic mass is 9.95. The van der Waals surface area contributed by atoms with Crippen molar-refractivity contribution in [2.45, 2.75) is 127 Å². The lowest BCUT2D eigenvalue weighted by Crippen LogP contribution is -2.46. The number of unbranched alkanes of at least 4 members (excludes halogenated alkanes) is 13. The Morgan fingerprint density at radius 1 is 1.05 bits per heavy atom. The molecule has 0 radical (unpaired) electrons. The van der Waals surface area contributed by atoms with Gasteiger partial charge in [-0.25, -0.2) is 9.55 Å². The van der Waals surface area contributed by atoms with Crippen LogP contribution in [0, 0.1) is 0 Å². The fraction of sp³-hybridized carbons (Fsp3) is 0.808. The Bertz CT molecular complexity index is 1150. The predicted molar refractivity (Wildman–Crippen MR) is 150 cm³/mol. The summed E-state index contributed by atoms with van der Waals surface area (Å²) in [4.78, 5) is 41.8. The molecule has 1 aliphatic heterocycles. The van der Waals surface area contributed by atoms with Crippen LogP contribution in [-0.2, 0) is 19.6 Å². The predicted octanol–water partition coefficient (Wildman–Crippen LogP) is 3.46. The summed E-state index contributed by atoms with van der Waals surface area (Å²) in [5.74, 6) is -0.167. The zero-order valence-corrected chi connectivity index (χ0v) is 24.3. The van der Waals surface area contributed by atoms with E-state index in [0.717, 1.165) is 25.7 Å². The number of nitrogens with one attached hydrogen (secondary N) is 1. The smallest absolute Gasteiger partial charge is 0.394 e. The van der Waals surface area contributed by atoms with Gasteiger partial charge in [0.25, 0.3) is 5.56 Å². The van der Waals surface area contributed by atoms with Gasteiger partial charge in [-0.3, -0.25) is 18.9 Å². The van der Waals surface area contributed by atoms with Gasteiger partial charge in [0.15, 0.2) is 16.9 Å². The number of hydrogen-bond acceptors (Lipinski definition) is 9. The molecule has 0 spiro atoms. The number of aliphatic hydroxyl groups is 2. The zero-order valence-electron chi connectivity index (χ0n) is 23.4. The molecule has 2 aromatic rings. The molecule has 1 fully saturated rings. The highest BCUT2D eigenvalue weighted by Gasteiger charge is 2.58. The molecule has 1 aliphatic rings. The topological polar surface area (TPSA) is 206 Å². The van der Waals surface area contributed by atoms with Gasteiger partial charge in [0, 0.05) is 0 Å². The summed E-state index contributed by atoms with van der Waals surface area (Å²) < 4.78 is 23.9. The largest absolute Gasteiger partial charge is 0.470 e. The molecule has 0 amide bonds. The first kappa shape index (κ1) is 32.7. The first-order valence-corrected chi connectivity index (χ1v) is 16.1. The number of nitrogens with zero attached hydrogens (tertiary/aromatic N) is 3. The Labute approximate surface area is 234 Å². The van der Waals surface area contributed by atoms with Crippen molar-refractivity contribution in [1.82, 2.24) is 19.5 Å². The van der Waals surface area contributed by atoms with Crippen molar-refractivity contribution in [2.24, 2.45) is 0 Å². The molecule has 7 N–H and O–H groups in total. The molecule has 1 saturated heterocycles. The van der Waals surface area contributed by atoms with E-state index in [1.165, 1.54) is 68.7 Å². The van der Waals surface area contributed by atoms with E-state index in [9.17, 15) is 29.4 Å². The van der Waals surface area contributed by atoms with Crippen LogP contribution in [0.1, 0.15) is 103 Å². The maximum absolute atomic E-state index is 12.4. The fourth-order valence-electron chi connectivity index (χ4n) is 5.59. The lowest BCUT2D eigenvalue weighted by Gasteiger charge is -2.34. The van der Waals surface area contributed by atoms with Gasteiger partial charge in [-0.2, -0.15) is 4.98 Å². The van der Waals surface area contributed by atoms with Gasteiger partial charge in [0.1, 0.15) is 18.3 Å². The minimum absolute atomic E-state index is 0.0368. The molecule has 228 valence electrons. The van der Waals surface area contributed by atoms with Gasteiger partial charge < -0.3 is 30.5 Å². The van der Waals surface area contributed by atoms with Gasteiger partial charge in [0.2, 0.25) is 5.95 Å². The number of aliphatic hydroxyl groups excluding tert-OH is 2. The number of H-pyrrole nitrogens is 1. The van der Waals surface area contributed by atoms with Crippen molar-refractivity contribution in [3.8, 4) is 0 Å². The first-order chi connectivity index (χ1) is 19.1. The molecule has 0 unspecified atom stereocenters. The summed E-state index contributed by atoms with van der Waals surface area (Å²) in [6, 6.07) is 0. The minimum atomic E-state index is -5.03. The van der Waals surface area contributed by atoms with Crippen molar-refractivity contribution in [2.75, 3.05) is 12.3 Å². The van der Waals surface area contributed by atoms with E-state index < -0.39 is 44.0 Å². The molecule has 0 aliphatic carbocycles. The van der Waals surface area contributed by atoms with E-state index in [-0.39, 0.29) is 23.5 Å². The lowest BCUT2D eigenvalue weighted by molar-refractivity contribution is -0.151. The van der Waals surface area contributed by atoms with Crippen molar-refractivity contribution in [3.05, 3.63) is 16.7 Å². The maximum atomic E-state index is 12.4. The quantitative estimate of drug-likeness (QED) is 0.104. The molecular weight excluding hydrogens is 541 g/mol. The average Bonchev–Trinajstić information content (AvgIpc) is 3.43. The number of aromatic amines is 1. The van der Waals surface area contributed by atoms with Crippen LogP contribution in [0.5, 0.6) is 0 Å². The molecule has 3 rings (SSSR count). The highest BCUT2D eigenvalue weighted by Crippen LogP contribution is 2.48. The Kier molecular flexibility index (Phi) is 12.6. The number of nitrogens with two attached hydrogens (primary N) is 1. The molecule has 0 bridgehead atoms. The molecule has 14 heteroatoms. The van der Waals surface area contributed by atoms with Crippen LogP contribution >= 0.6 is 7.82 Å². The van der Waals surface area contributed by atoms with Gasteiger partial charge >= 0.3 is 7.82 Å². The molecule has 4 atom stereocenters. The van der Waals surface area contributed by atoms with Gasteiger partial charge in [0.05, 0.1) is 12.9 Å². The Morgan fingerprint density at radius 3 is 2.12 bits per heavy atom. The van der Waals surface area contributed by atoms with E-state index in [1.807, 2.05) is 0 Å². The number of aromatic nitrogens is 4. The summed E-state index contributed by atoms with van der Waals surface area (Å²) in [7, 11) is -5.03. The molecule has 40 heavy (non-hydrogen) atoms. The number of nitrogen functional groups attached to an aromatic ring is 1. The third kappa shape index (κ3) is 8.58. The van der Waals surface area contributed by atoms with Crippen molar-refractivity contribution < 1.29 is 33.8 Å². The average molecular weight is 588 g/mol. The number of fused-ring (bicyclic) bond motifs is 1. The second-order valence-corrected chi connectivity index (χ2v) is 12.0. The Morgan fingerprint density at radius 2 is 1.60 bits per heavy atom. The van der Waals surface area contributed by atoms with Crippen LogP contribution in [0.2, 0.25) is 0 Å². The van der Waals surface area contributed by atoms with Gasteiger partial charge in [-0.05, 0) is 12.8 Å². The molecule has 3 heterocycles. The monoisotopic (exact) mass is 587 g/mol. The van der Waals surface area contributed by atoms with E-state index in [2.05, 4.69) is 21.9 Å². The number of rotatable bonds is 19. The fourth-order valence-corrected chi connectivity index (χ4v) is 6.16. The van der Waals surface area contributed by atoms with E-state index in [0.29, 0.717) is 6.42 Å². The highest BCUT2D eigenvalue weighted by atomic mass is 31.2. The van der Waals surface area contributed by atoms with Crippen molar-refractivity contribution in [3.63, 3.8) is 0 Å². The zero-order chi connectivity index (χ0) is 29.2. The van der Waals surface area contributed by atoms with Crippen LogP contribution in [0.25, 0.3) is 11.2 Å². The number of ether oxygens (including phenoxy) is 1. The maximum Gasteiger partial charge on any atom is 0.470 e. The van der Waals surface area contributed by atoms with Gasteiger partial charge in [-0.15, -0.1) is 0 Å². The number of phosphoric acid groups is 1. The Balaban J connectivity index is 1.60. The molecule has 0 saturated carbocycles. The summed E-state index contributed by atoms with van der Waals surface area (Å²) in [5.41, 5.74) is 3.52. The van der Waals surface area contributed by atoms with E-state index >= 15 is 0 Å². The second-order valence-electron chi connectivity index (χ2n) is 10.8. The first-order valence-electron chi connectivity index (χ1n) is 14.6. The van der Waals surface area contributed by atoms with E-state index in [4.69, 9.17) is 15.0 Å². The van der Waals surface area contributed by atoms with Crippen LogP contribution in [0.15, 0.2) is 11.1 Å². The molecular formula is C26H46N5O8P. The van der Waals surface area contributed by atoms with Crippen molar-refractivity contribution in [1.29, 1.82) is 0 Å². The number of anilines is 1. The standard InChI is InChI=1S/C26H46N5O8P/c1-2-3-4-5-6-7-8-9-10-11-12-13-14-15-16-26(22(33)21(19(17-32)38-26)39-40(35,36)37)31-18-28-20-23(31)29-25(27)30-24(20)34/h18-19,21-22,32-33H,2-17H2,1H3,(H2,35,36,37)(H3,27,29,30,34)/t19-,21-,22-,26-/m1/s1. The second kappa shape index (κ2) is 15.4. The van der Waals surface area contributed by atoms with Crippen molar-refractivity contribution >= 4 is 24.9 Å². The van der Waals surface area contributed by atoms with Crippen LogP contribution < -0.4 is 11.3 Å². The SMILES string of the molecule is CCCCCCCCCCCCCCCC[C@@]1(n2cnc3c(=O)[nH]c(N)nc32)O[C@H](CO)[C@@H](OP(=O)(O)O)[C@H]1O. The summed E-state index contributed by atoms with van der Waals surface area (Å²) in [6.07, 6.45) is 13.4. The summed E-state index contributed by atoms with van der Waals surface area (Å²) >= 11 is 0. The molecule has 2 aromatic heterocycles. The molecule has 0 aromatic carbocycles. The highest BCUT2D eigenvalue weighted by molar-refractivity contribution is 7.46.